The zero-order valence-electron chi connectivity index (χ0n) is 14.1. The van der Waals surface area contributed by atoms with Crippen molar-refractivity contribution in [1.82, 2.24) is 9.80 Å². The maximum absolute atomic E-state index is 12.6. The molecule has 6 heteroatoms. The third kappa shape index (κ3) is 3.29. The van der Waals surface area contributed by atoms with Gasteiger partial charge in [-0.1, -0.05) is 25.4 Å². The summed E-state index contributed by atoms with van der Waals surface area (Å²) in [5, 5.41) is 0.634. The molecule has 24 heavy (non-hydrogen) atoms. The van der Waals surface area contributed by atoms with Crippen LogP contribution in [0.15, 0.2) is 24.3 Å². The van der Waals surface area contributed by atoms with Crippen molar-refractivity contribution in [3.8, 4) is 0 Å². The Morgan fingerprint density at radius 2 is 1.75 bits per heavy atom. The van der Waals surface area contributed by atoms with Gasteiger partial charge in [0.1, 0.15) is 0 Å². The number of amides is 2. The molecule has 1 aromatic rings. The minimum absolute atomic E-state index is 0.0225. The standard InChI is InChI=1S/C18H23ClN2O2S/c1-13(2)16(22)21-11-12-24-18(21)7-9-20(10-8-18)17(23)14-3-5-15(19)6-4-14/h3-6,13H,7-12H2,1-2H3. The summed E-state index contributed by atoms with van der Waals surface area (Å²) >= 11 is 7.77. The van der Waals surface area contributed by atoms with E-state index in [4.69, 9.17) is 11.6 Å². The number of piperidine rings is 1. The first-order chi connectivity index (χ1) is 11.4. The zero-order chi connectivity index (χ0) is 17.3. The Labute approximate surface area is 152 Å². The van der Waals surface area contributed by atoms with E-state index in [0.29, 0.717) is 23.7 Å². The van der Waals surface area contributed by atoms with Gasteiger partial charge in [-0.05, 0) is 37.1 Å². The summed E-state index contributed by atoms with van der Waals surface area (Å²) in [6.45, 7) is 6.12. The van der Waals surface area contributed by atoms with Gasteiger partial charge in [-0.25, -0.2) is 0 Å². The minimum atomic E-state index is -0.113. The fourth-order valence-electron chi connectivity index (χ4n) is 3.48. The van der Waals surface area contributed by atoms with E-state index in [1.165, 1.54) is 0 Å². The van der Waals surface area contributed by atoms with Crippen LogP contribution in [0.2, 0.25) is 5.02 Å². The number of hydrogen-bond acceptors (Lipinski definition) is 3. The number of hydrogen-bond donors (Lipinski definition) is 0. The van der Waals surface area contributed by atoms with E-state index in [-0.39, 0.29) is 22.6 Å². The number of likely N-dealkylation sites (tertiary alicyclic amines) is 1. The molecule has 2 fully saturated rings. The second-order valence-corrected chi connectivity index (χ2v) is 8.63. The molecule has 4 nitrogen and oxygen atoms in total. The predicted molar refractivity (Wildman–Crippen MR) is 98.3 cm³/mol. The molecule has 0 aromatic heterocycles. The Morgan fingerprint density at radius 1 is 1.12 bits per heavy atom. The Kier molecular flexibility index (Phi) is 5.11. The van der Waals surface area contributed by atoms with Crippen molar-refractivity contribution >= 4 is 35.2 Å². The van der Waals surface area contributed by atoms with Crippen molar-refractivity contribution in [2.75, 3.05) is 25.4 Å². The molecule has 0 radical (unpaired) electrons. The monoisotopic (exact) mass is 366 g/mol. The maximum Gasteiger partial charge on any atom is 0.253 e. The first-order valence-electron chi connectivity index (χ1n) is 8.43. The van der Waals surface area contributed by atoms with Gasteiger partial charge in [-0.2, -0.15) is 0 Å². The Bertz CT molecular complexity index is 624. The summed E-state index contributed by atoms with van der Waals surface area (Å²) in [6, 6.07) is 7.04. The highest BCUT2D eigenvalue weighted by atomic mass is 35.5. The van der Waals surface area contributed by atoms with Crippen molar-refractivity contribution in [2.24, 2.45) is 5.92 Å². The molecule has 1 spiro atoms. The summed E-state index contributed by atoms with van der Waals surface area (Å²) in [4.78, 5) is 29.0. The van der Waals surface area contributed by atoms with E-state index in [9.17, 15) is 9.59 Å². The number of carbonyl (C=O) groups excluding carboxylic acids is 2. The highest BCUT2D eigenvalue weighted by Gasteiger charge is 2.47. The lowest BCUT2D eigenvalue weighted by Crippen LogP contribution is -2.54. The summed E-state index contributed by atoms with van der Waals surface area (Å²) in [5.74, 6) is 1.29. The van der Waals surface area contributed by atoms with Crippen molar-refractivity contribution in [1.29, 1.82) is 0 Å². The van der Waals surface area contributed by atoms with Crippen LogP contribution in [0.1, 0.15) is 37.0 Å². The second-order valence-electron chi connectivity index (χ2n) is 6.74. The molecule has 0 N–H and O–H groups in total. The lowest BCUT2D eigenvalue weighted by Gasteiger charge is -2.44. The Hall–Kier alpha value is -1.20. The van der Waals surface area contributed by atoms with Gasteiger partial charge >= 0.3 is 0 Å². The molecular weight excluding hydrogens is 344 g/mol. The molecule has 2 amide bonds. The van der Waals surface area contributed by atoms with Gasteiger partial charge in [0.05, 0.1) is 4.87 Å². The summed E-state index contributed by atoms with van der Waals surface area (Å²) in [5.41, 5.74) is 0.671. The largest absolute Gasteiger partial charge is 0.338 e. The van der Waals surface area contributed by atoms with E-state index in [0.717, 1.165) is 25.1 Å². The average molecular weight is 367 g/mol. The van der Waals surface area contributed by atoms with Crippen LogP contribution < -0.4 is 0 Å². The summed E-state index contributed by atoms with van der Waals surface area (Å²) in [6.07, 6.45) is 1.69. The van der Waals surface area contributed by atoms with Crippen LogP contribution >= 0.6 is 23.4 Å². The normalized spacial score (nSPS) is 20.0. The summed E-state index contributed by atoms with van der Waals surface area (Å²) < 4.78 is 0. The van der Waals surface area contributed by atoms with Crippen LogP contribution in [0.4, 0.5) is 0 Å². The van der Waals surface area contributed by atoms with Crippen molar-refractivity contribution in [2.45, 2.75) is 31.6 Å². The lowest BCUT2D eigenvalue weighted by molar-refractivity contribution is -0.137. The molecule has 3 rings (SSSR count). The van der Waals surface area contributed by atoms with Crippen molar-refractivity contribution in [3.05, 3.63) is 34.9 Å². The van der Waals surface area contributed by atoms with E-state index in [1.54, 1.807) is 24.3 Å². The average Bonchev–Trinajstić information content (AvgIpc) is 2.98. The van der Waals surface area contributed by atoms with Crippen molar-refractivity contribution in [3.63, 3.8) is 0 Å². The van der Waals surface area contributed by atoms with Gasteiger partial charge in [0.25, 0.3) is 5.91 Å². The van der Waals surface area contributed by atoms with E-state index in [1.807, 2.05) is 30.5 Å². The third-order valence-electron chi connectivity index (χ3n) is 4.86. The third-order valence-corrected chi connectivity index (χ3v) is 6.67. The van der Waals surface area contributed by atoms with Crippen LogP contribution in [0.5, 0.6) is 0 Å². The number of carbonyl (C=O) groups is 2. The highest BCUT2D eigenvalue weighted by molar-refractivity contribution is 8.00. The molecular formula is C18H23ClN2O2S. The highest BCUT2D eigenvalue weighted by Crippen LogP contribution is 2.44. The van der Waals surface area contributed by atoms with E-state index >= 15 is 0 Å². The first kappa shape index (κ1) is 17.6. The Morgan fingerprint density at radius 3 is 2.33 bits per heavy atom. The fraction of sp³-hybridized carbons (Fsp3) is 0.556. The van der Waals surface area contributed by atoms with Crippen LogP contribution in [-0.4, -0.2) is 51.9 Å². The quantitative estimate of drug-likeness (QED) is 0.804. The number of benzene rings is 1. The van der Waals surface area contributed by atoms with Crippen LogP contribution in [0.3, 0.4) is 0 Å². The van der Waals surface area contributed by atoms with Gasteiger partial charge in [0.2, 0.25) is 5.91 Å². The fourth-order valence-corrected chi connectivity index (χ4v) is 5.07. The number of halogens is 1. The topological polar surface area (TPSA) is 40.6 Å². The van der Waals surface area contributed by atoms with Gasteiger partial charge in [-0.3, -0.25) is 9.59 Å². The molecule has 0 saturated carbocycles. The molecule has 2 aliphatic rings. The molecule has 2 heterocycles. The molecule has 2 aliphatic heterocycles. The first-order valence-corrected chi connectivity index (χ1v) is 9.79. The van der Waals surface area contributed by atoms with Crippen LogP contribution in [0, 0.1) is 5.92 Å². The molecule has 130 valence electrons. The smallest absolute Gasteiger partial charge is 0.253 e. The summed E-state index contributed by atoms with van der Waals surface area (Å²) in [7, 11) is 0. The SMILES string of the molecule is CC(C)C(=O)N1CCSC12CCN(C(=O)c1ccc(Cl)cc1)CC2. The molecule has 1 aromatic carbocycles. The maximum atomic E-state index is 12.6. The van der Waals surface area contributed by atoms with Gasteiger partial charge in [0, 0.05) is 41.9 Å². The second kappa shape index (κ2) is 6.96. The van der Waals surface area contributed by atoms with Crippen LogP contribution in [0.25, 0.3) is 0 Å². The predicted octanol–water partition coefficient (Wildman–Crippen LogP) is 3.50. The van der Waals surface area contributed by atoms with E-state index in [2.05, 4.69) is 4.90 Å². The number of thioether (sulfide) groups is 1. The minimum Gasteiger partial charge on any atom is -0.338 e. The number of nitrogens with zero attached hydrogens (tertiary/aromatic N) is 2. The number of rotatable bonds is 2. The molecule has 2 saturated heterocycles. The van der Waals surface area contributed by atoms with Gasteiger partial charge < -0.3 is 9.80 Å². The molecule has 0 unspecified atom stereocenters. The lowest BCUT2D eigenvalue weighted by atomic mass is 9.99. The van der Waals surface area contributed by atoms with Gasteiger partial charge in [0.15, 0.2) is 0 Å². The molecule has 0 bridgehead atoms. The van der Waals surface area contributed by atoms with Gasteiger partial charge in [-0.15, -0.1) is 11.8 Å². The Balaban J connectivity index is 1.67. The zero-order valence-corrected chi connectivity index (χ0v) is 15.7. The molecule has 0 aliphatic carbocycles. The van der Waals surface area contributed by atoms with Crippen LogP contribution in [-0.2, 0) is 4.79 Å². The van der Waals surface area contributed by atoms with E-state index < -0.39 is 0 Å². The molecule has 0 atom stereocenters. The van der Waals surface area contributed by atoms with Crippen molar-refractivity contribution < 1.29 is 9.59 Å².